The molecule has 0 aliphatic heterocycles. The van der Waals surface area contributed by atoms with Crippen molar-refractivity contribution in [3.8, 4) is 5.75 Å². The maximum absolute atomic E-state index is 5.33. The van der Waals surface area contributed by atoms with Crippen molar-refractivity contribution in [2.24, 2.45) is 0 Å². The van der Waals surface area contributed by atoms with E-state index in [1.165, 1.54) is 0 Å². The fourth-order valence-corrected chi connectivity index (χ4v) is 2.36. The van der Waals surface area contributed by atoms with E-state index in [0.717, 1.165) is 28.1 Å². The van der Waals surface area contributed by atoms with Crippen LogP contribution in [-0.4, -0.2) is 13.2 Å². The molecule has 1 N–H and O–H groups in total. The molecule has 1 aromatic carbocycles. The predicted octanol–water partition coefficient (Wildman–Crippen LogP) is 4.09. The molecule has 0 aliphatic carbocycles. The van der Waals surface area contributed by atoms with Gasteiger partial charge in [-0.3, -0.25) is 0 Å². The Morgan fingerprint density at radius 3 is 2.83 bits per heavy atom. The van der Waals surface area contributed by atoms with E-state index in [2.05, 4.69) is 28.2 Å². The van der Waals surface area contributed by atoms with Crippen LogP contribution in [0.2, 0.25) is 0 Å². The molecule has 0 aliphatic rings. The van der Waals surface area contributed by atoms with Crippen molar-refractivity contribution in [3.63, 3.8) is 0 Å². The highest BCUT2D eigenvalue weighted by Crippen LogP contribution is 2.28. The molecule has 1 atom stereocenters. The molecule has 18 heavy (non-hydrogen) atoms. The number of anilines is 1. The van der Waals surface area contributed by atoms with Gasteiger partial charge in [0.1, 0.15) is 11.5 Å². The first kappa shape index (κ1) is 13.0. The molecule has 0 fully saturated rings. The summed E-state index contributed by atoms with van der Waals surface area (Å²) < 4.78 is 11.5. The Kier molecular flexibility index (Phi) is 4.31. The Bertz CT molecular complexity index is 497. The second kappa shape index (κ2) is 5.96. The molecule has 2 rings (SSSR count). The molecular formula is C14H16BrNO2. The molecule has 96 valence electrons. The van der Waals surface area contributed by atoms with Crippen molar-refractivity contribution in [3.05, 3.63) is 46.8 Å². The van der Waals surface area contributed by atoms with E-state index in [4.69, 9.17) is 9.15 Å². The molecule has 0 amide bonds. The molecule has 3 nitrogen and oxygen atoms in total. The van der Waals surface area contributed by atoms with E-state index >= 15 is 0 Å². The lowest BCUT2D eigenvalue weighted by Crippen LogP contribution is -2.17. The number of hydrogen-bond donors (Lipinski definition) is 1. The van der Waals surface area contributed by atoms with Crippen LogP contribution in [0, 0.1) is 0 Å². The van der Waals surface area contributed by atoms with Gasteiger partial charge in [-0.25, -0.2) is 0 Å². The van der Waals surface area contributed by atoms with Crippen LogP contribution in [0.1, 0.15) is 12.7 Å². The highest BCUT2D eigenvalue weighted by Gasteiger charge is 2.07. The SMILES string of the molecule is COc1ccc(NC(C)Cc2ccco2)cc1Br. The van der Waals surface area contributed by atoms with Crippen molar-refractivity contribution < 1.29 is 9.15 Å². The molecule has 1 aromatic heterocycles. The second-order valence-electron chi connectivity index (χ2n) is 4.18. The fraction of sp³-hybridized carbons (Fsp3) is 0.286. The quantitative estimate of drug-likeness (QED) is 0.903. The van der Waals surface area contributed by atoms with Crippen molar-refractivity contribution in [2.75, 3.05) is 12.4 Å². The highest BCUT2D eigenvalue weighted by atomic mass is 79.9. The number of benzene rings is 1. The van der Waals surface area contributed by atoms with E-state index in [1.54, 1.807) is 13.4 Å². The summed E-state index contributed by atoms with van der Waals surface area (Å²) in [5.74, 6) is 1.82. The second-order valence-corrected chi connectivity index (χ2v) is 5.03. The molecule has 1 unspecified atom stereocenters. The number of furan rings is 1. The monoisotopic (exact) mass is 309 g/mol. The number of halogens is 1. The topological polar surface area (TPSA) is 34.4 Å². The first-order valence-electron chi connectivity index (χ1n) is 5.81. The first-order valence-corrected chi connectivity index (χ1v) is 6.61. The smallest absolute Gasteiger partial charge is 0.133 e. The van der Waals surface area contributed by atoms with Gasteiger partial charge >= 0.3 is 0 Å². The minimum absolute atomic E-state index is 0.302. The molecule has 1 heterocycles. The number of hydrogen-bond acceptors (Lipinski definition) is 3. The molecule has 0 saturated carbocycles. The Balaban J connectivity index is 1.98. The fourth-order valence-electron chi connectivity index (χ4n) is 1.82. The largest absolute Gasteiger partial charge is 0.496 e. The van der Waals surface area contributed by atoms with Crippen LogP contribution in [0.25, 0.3) is 0 Å². The summed E-state index contributed by atoms with van der Waals surface area (Å²) in [6.07, 6.45) is 2.56. The maximum atomic E-state index is 5.33. The van der Waals surface area contributed by atoms with Gasteiger partial charge in [-0.2, -0.15) is 0 Å². The molecular weight excluding hydrogens is 294 g/mol. The first-order chi connectivity index (χ1) is 8.69. The zero-order valence-electron chi connectivity index (χ0n) is 10.4. The van der Waals surface area contributed by atoms with Crippen LogP contribution in [0.5, 0.6) is 5.75 Å². The lowest BCUT2D eigenvalue weighted by atomic mass is 10.2. The average Bonchev–Trinajstić information content (AvgIpc) is 2.82. The maximum Gasteiger partial charge on any atom is 0.133 e. The molecule has 0 saturated heterocycles. The van der Waals surface area contributed by atoms with E-state index in [0.29, 0.717) is 6.04 Å². The molecule has 2 aromatic rings. The lowest BCUT2D eigenvalue weighted by Gasteiger charge is -2.15. The number of methoxy groups -OCH3 is 1. The van der Waals surface area contributed by atoms with Gasteiger partial charge in [-0.15, -0.1) is 0 Å². The third-order valence-electron chi connectivity index (χ3n) is 2.65. The number of nitrogens with one attached hydrogen (secondary N) is 1. The van der Waals surface area contributed by atoms with Crippen molar-refractivity contribution in [1.29, 1.82) is 0 Å². The van der Waals surface area contributed by atoms with Crippen LogP contribution < -0.4 is 10.1 Å². The zero-order chi connectivity index (χ0) is 13.0. The summed E-state index contributed by atoms with van der Waals surface area (Å²) in [4.78, 5) is 0. The van der Waals surface area contributed by atoms with Crippen LogP contribution in [0.15, 0.2) is 45.5 Å². The van der Waals surface area contributed by atoms with Crippen LogP contribution in [-0.2, 0) is 6.42 Å². The standard InChI is InChI=1S/C14H16BrNO2/c1-10(8-12-4-3-7-18-12)16-11-5-6-14(17-2)13(15)9-11/h3-7,9-10,16H,8H2,1-2H3. The van der Waals surface area contributed by atoms with E-state index in [-0.39, 0.29) is 0 Å². The third kappa shape index (κ3) is 3.29. The number of rotatable bonds is 5. The molecule has 0 spiro atoms. The highest BCUT2D eigenvalue weighted by molar-refractivity contribution is 9.10. The van der Waals surface area contributed by atoms with Crippen LogP contribution >= 0.6 is 15.9 Å². The molecule has 4 heteroatoms. The summed E-state index contributed by atoms with van der Waals surface area (Å²) in [5.41, 5.74) is 1.06. The summed E-state index contributed by atoms with van der Waals surface area (Å²) in [6.45, 7) is 2.13. The van der Waals surface area contributed by atoms with Crippen molar-refractivity contribution >= 4 is 21.6 Å². The van der Waals surface area contributed by atoms with Gasteiger partial charge in [-0.1, -0.05) is 0 Å². The molecule has 0 bridgehead atoms. The Hall–Kier alpha value is -1.42. The molecule has 0 radical (unpaired) electrons. The van der Waals surface area contributed by atoms with Crippen molar-refractivity contribution in [1.82, 2.24) is 0 Å². The van der Waals surface area contributed by atoms with Crippen LogP contribution in [0.4, 0.5) is 5.69 Å². The lowest BCUT2D eigenvalue weighted by molar-refractivity contribution is 0.412. The van der Waals surface area contributed by atoms with Gasteiger partial charge in [-0.05, 0) is 53.2 Å². The van der Waals surface area contributed by atoms with E-state index in [9.17, 15) is 0 Å². The van der Waals surface area contributed by atoms with Gasteiger partial charge in [0.15, 0.2) is 0 Å². The average molecular weight is 310 g/mol. The third-order valence-corrected chi connectivity index (χ3v) is 3.27. The Labute approximate surface area is 115 Å². The minimum atomic E-state index is 0.302. The van der Waals surface area contributed by atoms with Gasteiger partial charge in [0.05, 0.1) is 17.8 Å². The van der Waals surface area contributed by atoms with Gasteiger partial charge in [0.2, 0.25) is 0 Å². The summed E-state index contributed by atoms with van der Waals surface area (Å²) in [5, 5.41) is 3.43. The van der Waals surface area contributed by atoms with Gasteiger partial charge in [0, 0.05) is 18.2 Å². The summed E-state index contributed by atoms with van der Waals surface area (Å²) in [6, 6.07) is 10.1. The van der Waals surface area contributed by atoms with E-state index < -0.39 is 0 Å². The minimum Gasteiger partial charge on any atom is -0.496 e. The zero-order valence-corrected chi connectivity index (χ0v) is 12.0. The van der Waals surface area contributed by atoms with Crippen molar-refractivity contribution in [2.45, 2.75) is 19.4 Å². The summed E-state index contributed by atoms with van der Waals surface area (Å²) in [7, 11) is 1.66. The van der Waals surface area contributed by atoms with Gasteiger partial charge in [0.25, 0.3) is 0 Å². The van der Waals surface area contributed by atoms with E-state index in [1.807, 2.05) is 30.3 Å². The normalized spacial score (nSPS) is 12.2. The van der Waals surface area contributed by atoms with Crippen LogP contribution in [0.3, 0.4) is 0 Å². The Morgan fingerprint density at radius 2 is 2.22 bits per heavy atom. The number of ether oxygens (including phenoxy) is 1. The van der Waals surface area contributed by atoms with Gasteiger partial charge < -0.3 is 14.5 Å². The predicted molar refractivity (Wildman–Crippen MR) is 76.2 cm³/mol. The Morgan fingerprint density at radius 1 is 1.39 bits per heavy atom. The summed E-state index contributed by atoms with van der Waals surface area (Å²) >= 11 is 3.47.